The Balaban J connectivity index is 4.46. The van der Waals surface area contributed by atoms with Crippen LogP contribution in [0, 0.1) is 10.1 Å². The van der Waals surface area contributed by atoms with Gasteiger partial charge < -0.3 is 10.9 Å². The summed E-state index contributed by atoms with van der Waals surface area (Å²) in [6.07, 6.45) is 4.69. The van der Waals surface area contributed by atoms with Crippen molar-refractivity contribution in [1.29, 1.82) is 0 Å². The fraction of sp³-hybridized carbons (Fsp3) is 0.444. The van der Waals surface area contributed by atoms with Crippen LogP contribution in [-0.2, 0) is 0 Å². The molecule has 6 heteroatoms. The predicted molar refractivity (Wildman–Crippen MR) is 57.6 cm³/mol. The first-order chi connectivity index (χ1) is 7.02. The summed E-state index contributed by atoms with van der Waals surface area (Å²) in [5.41, 5.74) is 5.82. The Labute approximate surface area is 87.9 Å². The fourth-order valence-corrected chi connectivity index (χ4v) is 0.840. The second kappa shape index (κ2) is 6.72. The molecule has 0 aliphatic heterocycles. The topological polar surface area (TPSA) is 102 Å². The van der Waals surface area contributed by atoms with E-state index in [1.54, 1.807) is 6.08 Å². The zero-order valence-electron chi connectivity index (χ0n) is 8.54. The van der Waals surface area contributed by atoms with Crippen molar-refractivity contribution in [2.24, 2.45) is 10.9 Å². The molecule has 0 aliphatic carbocycles. The van der Waals surface area contributed by atoms with Gasteiger partial charge in [0.25, 0.3) is 0 Å². The number of hydrogen-bond acceptors (Lipinski definition) is 5. The maximum atomic E-state index is 10.3. The Kier molecular flexibility index (Phi) is 5.96. The second-order valence-electron chi connectivity index (χ2n) is 3.04. The van der Waals surface area contributed by atoms with Gasteiger partial charge in [0.05, 0.1) is 11.8 Å². The minimum atomic E-state index is -0.835. The first-order valence-electron chi connectivity index (χ1n) is 4.43. The lowest BCUT2D eigenvalue weighted by molar-refractivity contribution is -0.504. The van der Waals surface area contributed by atoms with Crippen molar-refractivity contribution in [3.05, 3.63) is 34.9 Å². The van der Waals surface area contributed by atoms with Crippen LogP contribution >= 0.6 is 0 Å². The molecule has 0 rings (SSSR count). The zero-order valence-corrected chi connectivity index (χ0v) is 8.54. The lowest BCUT2D eigenvalue weighted by Gasteiger charge is -2.06. The predicted octanol–water partition coefficient (Wildman–Crippen LogP) is 0.941. The molecule has 0 aromatic carbocycles. The van der Waals surface area contributed by atoms with E-state index in [-0.39, 0.29) is 5.71 Å². The molecule has 2 unspecified atom stereocenters. The van der Waals surface area contributed by atoms with Crippen molar-refractivity contribution in [2.45, 2.75) is 25.4 Å². The molecule has 0 aromatic heterocycles. The summed E-state index contributed by atoms with van der Waals surface area (Å²) in [5, 5.41) is 21.9. The van der Waals surface area contributed by atoms with Crippen LogP contribution in [0.1, 0.15) is 13.3 Å². The number of hydrogen-bond donors (Lipinski definition) is 2. The number of nitrogens with zero attached hydrogens (tertiary/aromatic N) is 2. The summed E-state index contributed by atoms with van der Waals surface area (Å²) in [7, 11) is 0. The molecular formula is C9H15N3O3. The molecule has 0 amide bonds. The van der Waals surface area contributed by atoms with Gasteiger partial charge in [-0.15, -0.1) is 6.58 Å². The molecule has 2 atom stereocenters. The number of nitrogens with two attached hydrogens (primary N) is 1. The summed E-state index contributed by atoms with van der Waals surface area (Å²) in [6.45, 7) is 4.91. The van der Waals surface area contributed by atoms with Crippen LogP contribution in [0.4, 0.5) is 0 Å². The highest BCUT2D eigenvalue weighted by atomic mass is 16.6. The van der Waals surface area contributed by atoms with Gasteiger partial charge in [-0.05, 0) is 18.6 Å². The Bertz CT molecular complexity index is 286. The summed E-state index contributed by atoms with van der Waals surface area (Å²) in [6, 6.07) is -1.33. The minimum absolute atomic E-state index is 0.198. The monoisotopic (exact) mass is 213 g/mol. The molecule has 84 valence electrons. The van der Waals surface area contributed by atoms with E-state index in [1.165, 1.54) is 19.1 Å². The Morgan fingerprint density at radius 3 is 2.80 bits per heavy atom. The van der Waals surface area contributed by atoms with Gasteiger partial charge in [0, 0.05) is 11.8 Å². The third kappa shape index (κ3) is 4.92. The maximum Gasteiger partial charge on any atom is 0.228 e. The minimum Gasteiger partial charge on any atom is -0.411 e. The van der Waals surface area contributed by atoms with Gasteiger partial charge >= 0.3 is 0 Å². The molecule has 0 bridgehead atoms. The fourth-order valence-electron chi connectivity index (χ4n) is 0.840. The highest BCUT2D eigenvalue weighted by Gasteiger charge is 2.11. The molecule has 0 aliphatic rings. The summed E-state index contributed by atoms with van der Waals surface area (Å²) in [4.78, 5) is 9.85. The molecule has 15 heavy (non-hydrogen) atoms. The maximum absolute atomic E-state index is 10.3. The van der Waals surface area contributed by atoms with E-state index in [4.69, 9.17) is 10.9 Å². The van der Waals surface area contributed by atoms with Gasteiger partial charge in [0.15, 0.2) is 0 Å². The second-order valence-corrected chi connectivity index (χ2v) is 3.04. The van der Waals surface area contributed by atoms with E-state index in [0.717, 1.165) is 0 Å². The van der Waals surface area contributed by atoms with E-state index in [2.05, 4.69) is 11.7 Å². The van der Waals surface area contributed by atoms with E-state index >= 15 is 0 Å². The highest BCUT2D eigenvalue weighted by Crippen LogP contribution is 1.98. The van der Waals surface area contributed by atoms with Gasteiger partial charge in [-0.2, -0.15) is 0 Å². The molecule has 3 N–H and O–H groups in total. The largest absolute Gasteiger partial charge is 0.411 e. The van der Waals surface area contributed by atoms with Crippen LogP contribution in [0.15, 0.2) is 30.0 Å². The lowest BCUT2D eigenvalue weighted by atomic mass is 10.1. The molecule has 0 radical (unpaired) electrons. The van der Waals surface area contributed by atoms with Crippen molar-refractivity contribution in [3.63, 3.8) is 0 Å². The SMILES string of the molecule is C=CCC(N)C(C=CC(C)[N+](=O)[O-])=NO. The molecule has 0 aromatic rings. The summed E-state index contributed by atoms with van der Waals surface area (Å²) >= 11 is 0. The molecule has 0 saturated heterocycles. The van der Waals surface area contributed by atoms with Crippen molar-refractivity contribution < 1.29 is 10.1 Å². The standard InChI is InChI=1S/C9H15N3O3/c1-3-4-8(10)9(11-13)6-5-7(2)12(14)15/h3,5-8,13H,1,4,10H2,2H3. The third-order valence-electron chi connectivity index (χ3n) is 1.79. The van der Waals surface area contributed by atoms with Crippen molar-refractivity contribution >= 4 is 5.71 Å². The number of oxime groups is 1. The van der Waals surface area contributed by atoms with E-state index in [1.807, 2.05) is 0 Å². The van der Waals surface area contributed by atoms with Gasteiger partial charge in [-0.25, -0.2) is 0 Å². The van der Waals surface area contributed by atoms with E-state index in [9.17, 15) is 10.1 Å². The Morgan fingerprint density at radius 1 is 1.80 bits per heavy atom. The summed E-state index contributed by atoms with van der Waals surface area (Å²) < 4.78 is 0. The van der Waals surface area contributed by atoms with Gasteiger partial charge in [-0.3, -0.25) is 10.1 Å². The molecule has 0 heterocycles. The van der Waals surface area contributed by atoms with Gasteiger partial charge in [0.1, 0.15) is 0 Å². The molecule has 0 saturated carbocycles. The van der Waals surface area contributed by atoms with Crippen molar-refractivity contribution in [3.8, 4) is 0 Å². The average molecular weight is 213 g/mol. The molecule has 0 fully saturated rings. The van der Waals surface area contributed by atoms with Crippen LogP contribution in [0.25, 0.3) is 0 Å². The first kappa shape index (κ1) is 13.3. The molecule has 0 spiro atoms. The Hall–Kier alpha value is -1.69. The van der Waals surface area contributed by atoms with Crippen LogP contribution in [0.5, 0.6) is 0 Å². The molecule has 6 nitrogen and oxygen atoms in total. The zero-order chi connectivity index (χ0) is 11.8. The van der Waals surface area contributed by atoms with Crippen LogP contribution in [0.3, 0.4) is 0 Å². The van der Waals surface area contributed by atoms with Crippen LogP contribution < -0.4 is 5.73 Å². The first-order valence-corrected chi connectivity index (χ1v) is 4.43. The van der Waals surface area contributed by atoms with Crippen molar-refractivity contribution in [2.75, 3.05) is 0 Å². The smallest absolute Gasteiger partial charge is 0.228 e. The van der Waals surface area contributed by atoms with Crippen LogP contribution in [0.2, 0.25) is 0 Å². The third-order valence-corrected chi connectivity index (χ3v) is 1.79. The molecular weight excluding hydrogens is 198 g/mol. The average Bonchev–Trinajstić information content (AvgIpc) is 2.18. The van der Waals surface area contributed by atoms with Crippen LogP contribution in [-0.4, -0.2) is 27.9 Å². The Morgan fingerprint density at radius 2 is 2.40 bits per heavy atom. The van der Waals surface area contributed by atoms with Gasteiger partial charge in [0.2, 0.25) is 6.04 Å². The quantitative estimate of drug-likeness (QED) is 0.225. The van der Waals surface area contributed by atoms with Gasteiger partial charge in [-0.1, -0.05) is 11.2 Å². The van der Waals surface area contributed by atoms with E-state index < -0.39 is 17.0 Å². The summed E-state index contributed by atoms with van der Waals surface area (Å²) in [5.74, 6) is 0. The highest BCUT2D eigenvalue weighted by molar-refractivity contribution is 5.98. The lowest BCUT2D eigenvalue weighted by Crippen LogP contribution is -2.29. The van der Waals surface area contributed by atoms with Crippen molar-refractivity contribution in [1.82, 2.24) is 0 Å². The van der Waals surface area contributed by atoms with E-state index in [0.29, 0.717) is 6.42 Å². The number of nitro groups is 1. The number of rotatable bonds is 6. The normalized spacial score (nSPS) is 16.3.